The molecule has 0 aromatic heterocycles. The van der Waals surface area contributed by atoms with Gasteiger partial charge in [-0.1, -0.05) is 5.92 Å². The van der Waals surface area contributed by atoms with Gasteiger partial charge < -0.3 is 28.3 Å². The van der Waals surface area contributed by atoms with E-state index in [9.17, 15) is 23.9 Å². The van der Waals surface area contributed by atoms with Crippen LogP contribution in [0.25, 0.3) is 0 Å². The third-order valence-corrected chi connectivity index (χ3v) is 2.77. The van der Waals surface area contributed by atoms with E-state index < -0.39 is 39.1 Å². The molecule has 0 rings (SSSR count). The first-order valence-corrected chi connectivity index (χ1v) is 9.68. The Kier molecular flexibility index (Phi) is 30.5. The number of hydrogen-bond donors (Lipinski definition) is 0. The number of hydrogen-bond acceptors (Lipinski definition) is 8. The fourth-order valence-electron chi connectivity index (χ4n) is 1.22. The van der Waals surface area contributed by atoms with Crippen molar-refractivity contribution in [2.45, 2.75) is 13.0 Å². The van der Waals surface area contributed by atoms with Crippen LogP contribution in [-0.4, -0.2) is 31.3 Å². The molecule has 0 amide bonds. The summed E-state index contributed by atoms with van der Waals surface area (Å²) in [6, 6.07) is 0. The van der Waals surface area contributed by atoms with Crippen LogP contribution in [0.15, 0.2) is 0 Å². The van der Waals surface area contributed by atoms with Gasteiger partial charge >= 0.3 is 71.1 Å². The van der Waals surface area contributed by atoms with Crippen LogP contribution in [0.5, 0.6) is 0 Å². The van der Waals surface area contributed by atoms with Gasteiger partial charge in [-0.25, -0.2) is 9.59 Å². The average molecular weight is 573 g/mol. The molecular formula is C24H47Na2O8PS. The van der Waals surface area contributed by atoms with Crippen LogP contribution in [0.3, 0.4) is 0 Å². The molecule has 204 valence electrons. The minimum Gasteiger partial charge on any atom is -0.790 e. The molecule has 8 nitrogen and oxygen atoms in total. The monoisotopic (exact) mass is 572 g/mol. The normalized spacial score (nSPS) is 7.61. The number of rotatable bonds is 6. The standard InChI is InChI=1S/C24H11O8P.2Na.H2S.18H2/c1-3-5-7-9-11-12-13-15-16-18-23(25)30-20-22(21-31-33(27,28)29)32-24(26)19-17-14-10-8-6-4-2;;;;;;;;;;;;;;;;;;;;;/h2,22H,20-21H2,1H3,(H2,27,28,29);;;1H2;18*1H/q;2*+1;;;;;;;;;;;;;;;;;;;/p-2/t22-;;;;;;;;;;;;;;;;;;;;;/m0...................../s1. The van der Waals surface area contributed by atoms with Crippen molar-refractivity contribution in [1.82, 2.24) is 0 Å². The Bertz CT molecular complexity index is 1420. The maximum Gasteiger partial charge on any atom is 1.00 e. The van der Waals surface area contributed by atoms with Crippen molar-refractivity contribution in [1.29, 1.82) is 0 Å². The second-order valence-corrected chi connectivity index (χ2v) is 5.79. The van der Waals surface area contributed by atoms with E-state index in [1.165, 1.54) is 0 Å². The van der Waals surface area contributed by atoms with Gasteiger partial charge in [-0.3, -0.25) is 0 Å². The Morgan fingerprint density at radius 3 is 1.72 bits per heavy atom. The third-order valence-electron chi connectivity index (χ3n) is 2.31. The number of esters is 2. The largest absolute Gasteiger partial charge is 1.00 e. The third kappa shape index (κ3) is 29.5. The van der Waals surface area contributed by atoms with E-state index >= 15 is 0 Å². The maximum atomic E-state index is 11.6. The number of ether oxygens (including phenoxy) is 2. The summed E-state index contributed by atoms with van der Waals surface area (Å²) < 4.78 is 24.1. The van der Waals surface area contributed by atoms with Gasteiger partial charge in [-0.2, -0.15) is 13.5 Å². The molecule has 0 aromatic rings. The first kappa shape index (κ1) is 40.6. The average Bonchev–Trinajstić information content (AvgIpc) is 2.76. The summed E-state index contributed by atoms with van der Waals surface area (Å²) in [4.78, 5) is 44.5. The molecule has 1 atom stereocenters. The molecule has 0 unspecified atom stereocenters. The van der Waals surface area contributed by atoms with Crippen molar-refractivity contribution in [2.24, 2.45) is 0 Å². The molecule has 0 heterocycles. The Morgan fingerprint density at radius 1 is 0.806 bits per heavy atom. The molecule has 0 aliphatic rings. The van der Waals surface area contributed by atoms with Gasteiger partial charge in [0.15, 0.2) is 6.10 Å². The van der Waals surface area contributed by atoms with Crippen molar-refractivity contribution in [2.75, 3.05) is 13.2 Å². The van der Waals surface area contributed by atoms with Crippen LogP contribution in [0.4, 0.5) is 0 Å². The van der Waals surface area contributed by atoms with Crippen LogP contribution in [0.2, 0.25) is 0 Å². The molecule has 0 aliphatic carbocycles. The van der Waals surface area contributed by atoms with E-state index in [0.29, 0.717) is 0 Å². The molecule has 0 fully saturated rings. The number of carbonyl (C=O) groups excluding carboxylic acids is 2. The second-order valence-electron chi connectivity index (χ2n) is 4.64. The number of phosphoric acid groups is 1. The first-order chi connectivity index (χ1) is 15.8. The maximum absolute atomic E-state index is 11.6. The number of terminal acetylenes is 1. The van der Waals surface area contributed by atoms with Crippen LogP contribution in [0, 0.1) is 107 Å². The predicted molar refractivity (Wildman–Crippen MR) is 160 cm³/mol. The molecular weight excluding hydrogens is 525 g/mol. The van der Waals surface area contributed by atoms with Gasteiger partial charge in [-0.15, -0.1) is 6.42 Å². The van der Waals surface area contributed by atoms with Gasteiger partial charge in [0.25, 0.3) is 0 Å². The van der Waals surface area contributed by atoms with E-state index in [-0.39, 0.29) is 98.3 Å². The molecule has 0 aliphatic heterocycles. The summed E-state index contributed by atoms with van der Waals surface area (Å²) in [7, 11) is -5.38. The smallest absolute Gasteiger partial charge is 0.790 e. The molecule has 0 spiro atoms. The van der Waals surface area contributed by atoms with Crippen molar-refractivity contribution in [3.8, 4) is 107 Å². The SMILES string of the molecule is C#CC#CC#CC#CC(=O)O[C@@H](COC(=O)C#CC#CC#CC#CC#CC)COP(=O)([O-])[O-].S.[HH].[HH].[HH].[HH].[HH].[HH].[HH].[HH].[HH].[HH].[HH].[HH].[HH].[HH].[HH].[HH].[HH].[HH].[Na+].[Na+]. The Balaban J connectivity index is -0.0000000244. The van der Waals surface area contributed by atoms with Crippen molar-refractivity contribution < 1.29 is 123 Å². The minimum absolute atomic E-state index is 0. The fourth-order valence-corrected chi connectivity index (χ4v) is 1.57. The zero-order chi connectivity index (χ0) is 24.8. The number of phosphoric ester groups is 1. The van der Waals surface area contributed by atoms with Gasteiger partial charge in [0.1, 0.15) is 6.61 Å². The Hall–Kier alpha value is -2.56. The molecule has 0 saturated heterocycles. The first-order valence-electron chi connectivity index (χ1n) is 8.22. The van der Waals surface area contributed by atoms with E-state index in [1.807, 2.05) is 17.8 Å². The summed E-state index contributed by atoms with van der Waals surface area (Å²) in [6.45, 7) is 0.00477. The summed E-state index contributed by atoms with van der Waals surface area (Å²) in [5, 5.41) is 0. The molecule has 0 bridgehead atoms. The topological polar surface area (TPSA) is 125 Å². The molecule has 0 aromatic carbocycles. The summed E-state index contributed by atoms with van der Waals surface area (Å²) in [5.41, 5.74) is 0. The van der Waals surface area contributed by atoms with Crippen LogP contribution < -0.4 is 68.9 Å². The van der Waals surface area contributed by atoms with Crippen LogP contribution >= 0.6 is 21.3 Å². The second kappa shape index (κ2) is 27.0. The summed E-state index contributed by atoms with van der Waals surface area (Å²) >= 11 is 0. The van der Waals surface area contributed by atoms with E-state index in [1.54, 1.807) is 6.92 Å². The van der Waals surface area contributed by atoms with E-state index in [2.05, 4.69) is 87.4 Å². The fraction of sp³-hybridized carbons (Fsp3) is 0.167. The van der Waals surface area contributed by atoms with Gasteiger partial charge in [-0.05, 0) is 89.8 Å². The molecule has 0 N–H and O–H groups in total. The molecule has 0 saturated carbocycles. The van der Waals surface area contributed by atoms with Crippen molar-refractivity contribution >= 4 is 33.3 Å². The molecule has 12 heteroatoms. The van der Waals surface area contributed by atoms with E-state index in [4.69, 9.17) is 15.9 Å². The van der Waals surface area contributed by atoms with Crippen LogP contribution in [-0.2, 0) is 28.2 Å². The van der Waals surface area contributed by atoms with Gasteiger partial charge in [0, 0.05) is 37.5 Å². The molecule has 0 radical (unpaired) electrons. The van der Waals surface area contributed by atoms with Gasteiger partial charge in [0.05, 0.1) is 14.4 Å². The van der Waals surface area contributed by atoms with Gasteiger partial charge in [0.2, 0.25) is 0 Å². The summed E-state index contributed by atoms with van der Waals surface area (Å²) in [5.74, 6) is 35.9. The zero-order valence-electron chi connectivity index (χ0n) is 19.3. The summed E-state index contributed by atoms with van der Waals surface area (Å²) in [6.07, 6.45) is 3.40. The predicted octanol–water partition coefficient (Wildman–Crippen LogP) is -3.48. The van der Waals surface area contributed by atoms with Crippen molar-refractivity contribution in [3.63, 3.8) is 0 Å². The number of carbonyl (C=O) groups is 2. The Labute approximate surface area is 288 Å². The van der Waals surface area contributed by atoms with Crippen molar-refractivity contribution in [3.05, 3.63) is 0 Å². The van der Waals surface area contributed by atoms with Crippen LogP contribution in [0.1, 0.15) is 32.6 Å². The Morgan fingerprint density at radius 2 is 1.25 bits per heavy atom. The van der Waals surface area contributed by atoms with E-state index in [0.717, 1.165) is 0 Å². The molecule has 36 heavy (non-hydrogen) atoms. The zero-order valence-corrected chi connectivity index (χ0v) is 25.2. The quantitative estimate of drug-likeness (QED) is 0.106. The minimum atomic E-state index is -5.38.